The molecule has 0 aliphatic heterocycles. The molecule has 1 aromatic carbocycles. The van der Waals surface area contributed by atoms with Crippen LogP contribution in [0.2, 0.25) is 0 Å². The maximum Gasteiger partial charge on any atom is -0.00666 e. The SMILES string of the molecule is CC1=CC(C)C=C1c1ccc(C(C)(C)C)cc1. The molecule has 1 atom stereocenters. The number of rotatable bonds is 1. The van der Waals surface area contributed by atoms with E-state index in [4.69, 9.17) is 0 Å². The number of hydrogen-bond donors (Lipinski definition) is 0. The minimum Gasteiger partial charge on any atom is -0.0743 e. The molecule has 90 valence electrons. The van der Waals surface area contributed by atoms with Gasteiger partial charge in [0.15, 0.2) is 0 Å². The van der Waals surface area contributed by atoms with E-state index in [1.54, 1.807) is 0 Å². The lowest BCUT2D eigenvalue weighted by atomic mass is 9.86. The monoisotopic (exact) mass is 226 g/mol. The van der Waals surface area contributed by atoms with Crippen molar-refractivity contribution in [1.82, 2.24) is 0 Å². The van der Waals surface area contributed by atoms with Gasteiger partial charge in [-0.1, -0.05) is 64.1 Å². The fourth-order valence-corrected chi connectivity index (χ4v) is 2.40. The van der Waals surface area contributed by atoms with Crippen LogP contribution < -0.4 is 0 Å². The van der Waals surface area contributed by atoms with Crippen LogP contribution in [-0.2, 0) is 5.41 Å². The average molecular weight is 226 g/mol. The maximum atomic E-state index is 2.35. The topological polar surface area (TPSA) is 0 Å². The highest BCUT2D eigenvalue weighted by atomic mass is 14.2. The molecule has 1 unspecified atom stereocenters. The van der Waals surface area contributed by atoms with Crippen molar-refractivity contribution in [2.24, 2.45) is 5.92 Å². The predicted molar refractivity (Wildman–Crippen MR) is 76.0 cm³/mol. The molecule has 0 aromatic heterocycles. The van der Waals surface area contributed by atoms with E-state index >= 15 is 0 Å². The summed E-state index contributed by atoms with van der Waals surface area (Å²) in [6.45, 7) is 11.2. The zero-order valence-corrected chi connectivity index (χ0v) is 11.5. The largest absolute Gasteiger partial charge is 0.0743 e. The molecule has 0 radical (unpaired) electrons. The molecule has 0 bridgehead atoms. The Morgan fingerprint density at radius 1 is 0.941 bits per heavy atom. The summed E-state index contributed by atoms with van der Waals surface area (Å²) < 4.78 is 0. The van der Waals surface area contributed by atoms with Gasteiger partial charge in [0.2, 0.25) is 0 Å². The quantitative estimate of drug-likeness (QED) is 0.634. The molecule has 0 heterocycles. The summed E-state index contributed by atoms with van der Waals surface area (Å²) in [5.41, 5.74) is 5.78. The van der Waals surface area contributed by atoms with Gasteiger partial charge in [0, 0.05) is 0 Å². The summed E-state index contributed by atoms with van der Waals surface area (Å²) in [5, 5.41) is 0. The molecule has 17 heavy (non-hydrogen) atoms. The Morgan fingerprint density at radius 3 is 1.94 bits per heavy atom. The molecule has 2 rings (SSSR count). The van der Waals surface area contributed by atoms with Crippen molar-refractivity contribution in [3.63, 3.8) is 0 Å². The van der Waals surface area contributed by atoms with Crippen LogP contribution >= 0.6 is 0 Å². The fourth-order valence-electron chi connectivity index (χ4n) is 2.40. The third-order valence-electron chi connectivity index (χ3n) is 3.43. The van der Waals surface area contributed by atoms with Gasteiger partial charge in [0.25, 0.3) is 0 Å². The molecule has 0 saturated carbocycles. The molecular weight excluding hydrogens is 204 g/mol. The zero-order chi connectivity index (χ0) is 12.6. The molecule has 0 saturated heterocycles. The van der Waals surface area contributed by atoms with Gasteiger partial charge < -0.3 is 0 Å². The smallest absolute Gasteiger partial charge is 0.00666 e. The average Bonchev–Trinajstić information content (AvgIpc) is 2.57. The van der Waals surface area contributed by atoms with Crippen molar-refractivity contribution in [2.45, 2.75) is 40.0 Å². The highest BCUT2D eigenvalue weighted by molar-refractivity contribution is 5.81. The maximum absolute atomic E-state index is 2.35. The van der Waals surface area contributed by atoms with E-state index in [-0.39, 0.29) is 5.41 Å². The fraction of sp³-hybridized carbons (Fsp3) is 0.412. The third-order valence-corrected chi connectivity index (χ3v) is 3.43. The Hall–Kier alpha value is -1.30. The Morgan fingerprint density at radius 2 is 1.53 bits per heavy atom. The van der Waals surface area contributed by atoms with Gasteiger partial charge in [-0.05, 0) is 40.5 Å². The van der Waals surface area contributed by atoms with Gasteiger partial charge >= 0.3 is 0 Å². The van der Waals surface area contributed by atoms with Crippen molar-refractivity contribution in [3.05, 3.63) is 53.1 Å². The molecule has 1 aliphatic carbocycles. The van der Waals surface area contributed by atoms with Crippen LogP contribution in [0.1, 0.15) is 45.7 Å². The second-order valence-electron chi connectivity index (χ2n) is 6.12. The van der Waals surface area contributed by atoms with Gasteiger partial charge in [-0.25, -0.2) is 0 Å². The van der Waals surface area contributed by atoms with Crippen molar-refractivity contribution in [3.8, 4) is 0 Å². The number of benzene rings is 1. The van der Waals surface area contributed by atoms with Crippen LogP contribution in [0.4, 0.5) is 0 Å². The van der Waals surface area contributed by atoms with Crippen molar-refractivity contribution < 1.29 is 0 Å². The minimum atomic E-state index is 0.237. The molecule has 0 nitrogen and oxygen atoms in total. The van der Waals surface area contributed by atoms with E-state index in [0.717, 1.165) is 0 Å². The van der Waals surface area contributed by atoms with E-state index in [2.05, 4.69) is 71.0 Å². The van der Waals surface area contributed by atoms with Crippen LogP contribution in [0.15, 0.2) is 42.0 Å². The van der Waals surface area contributed by atoms with Gasteiger partial charge in [-0.15, -0.1) is 0 Å². The molecule has 0 fully saturated rings. The highest BCUT2D eigenvalue weighted by Crippen LogP contribution is 2.32. The van der Waals surface area contributed by atoms with Gasteiger partial charge in [-0.3, -0.25) is 0 Å². The first-order chi connectivity index (χ1) is 7.88. The van der Waals surface area contributed by atoms with E-state index in [9.17, 15) is 0 Å². The lowest BCUT2D eigenvalue weighted by Crippen LogP contribution is -2.10. The molecule has 0 amide bonds. The second kappa shape index (κ2) is 4.18. The second-order valence-corrected chi connectivity index (χ2v) is 6.12. The van der Waals surface area contributed by atoms with E-state index < -0.39 is 0 Å². The van der Waals surface area contributed by atoms with Gasteiger partial charge in [0.05, 0.1) is 0 Å². The molecule has 1 aliphatic rings. The first-order valence-corrected chi connectivity index (χ1v) is 6.39. The summed E-state index contributed by atoms with van der Waals surface area (Å²) in [5.74, 6) is 0.576. The summed E-state index contributed by atoms with van der Waals surface area (Å²) in [7, 11) is 0. The van der Waals surface area contributed by atoms with Crippen molar-refractivity contribution >= 4 is 5.57 Å². The van der Waals surface area contributed by atoms with Crippen molar-refractivity contribution in [2.75, 3.05) is 0 Å². The Bertz CT molecular complexity index is 464. The lowest BCUT2D eigenvalue weighted by Gasteiger charge is -2.19. The molecule has 0 spiro atoms. The summed E-state index contributed by atoms with van der Waals surface area (Å²) in [6.07, 6.45) is 4.68. The summed E-state index contributed by atoms with van der Waals surface area (Å²) in [4.78, 5) is 0. The first kappa shape index (κ1) is 12.2. The minimum absolute atomic E-state index is 0.237. The van der Waals surface area contributed by atoms with Crippen LogP contribution in [-0.4, -0.2) is 0 Å². The molecule has 1 aromatic rings. The Kier molecular flexibility index (Phi) is 2.99. The Balaban J connectivity index is 2.32. The highest BCUT2D eigenvalue weighted by Gasteiger charge is 2.15. The van der Waals surface area contributed by atoms with Gasteiger partial charge in [0.1, 0.15) is 0 Å². The van der Waals surface area contributed by atoms with Crippen LogP contribution in [0.25, 0.3) is 5.57 Å². The molecular formula is C17H22. The standard InChI is InChI=1S/C17H22/c1-12-10-13(2)16(11-12)14-6-8-15(9-7-14)17(3,4)5/h6-12H,1-5H3. The summed E-state index contributed by atoms with van der Waals surface area (Å²) in [6, 6.07) is 9.02. The zero-order valence-electron chi connectivity index (χ0n) is 11.5. The third kappa shape index (κ3) is 2.52. The number of allylic oxidation sites excluding steroid dienone is 4. The van der Waals surface area contributed by atoms with Gasteiger partial charge in [-0.2, -0.15) is 0 Å². The predicted octanol–water partition coefficient (Wildman–Crippen LogP) is 4.96. The normalized spacial score (nSPS) is 20.2. The van der Waals surface area contributed by atoms with Crippen LogP contribution in [0.3, 0.4) is 0 Å². The van der Waals surface area contributed by atoms with Crippen LogP contribution in [0.5, 0.6) is 0 Å². The number of hydrogen-bond acceptors (Lipinski definition) is 0. The van der Waals surface area contributed by atoms with E-state index in [1.807, 2.05) is 0 Å². The Labute approximate surface area is 105 Å². The summed E-state index contributed by atoms with van der Waals surface area (Å²) >= 11 is 0. The lowest BCUT2D eigenvalue weighted by molar-refractivity contribution is 0.590. The van der Waals surface area contributed by atoms with E-state index in [0.29, 0.717) is 5.92 Å². The first-order valence-electron chi connectivity index (χ1n) is 6.39. The molecule has 0 heteroatoms. The van der Waals surface area contributed by atoms with Crippen molar-refractivity contribution in [1.29, 1.82) is 0 Å². The van der Waals surface area contributed by atoms with E-state index in [1.165, 1.54) is 22.3 Å². The van der Waals surface area contributed by atoms with Crippen LogP contribution in [0, 0.1) is 5.92 Å². The molecule has 0 N–H and O–H groups in total.